The number of rotatable bonds is 5. The second kappa shape index (κ2) is 6.20. The maximum atomic E-state index is 11.7. The standard InChI is InChI=1S/C12H17NO5/c1-7-9(11(14)17-3)8(5-6-16-2)10(13-7)12(15)18-4/h13H,5-6H2,1-4H3. The van der Waals surface area contributed by atoms with Crippen molar-refractivity contribution in [2.24, 2.45) is 0 Å². The zero-order valence-electron chi connectivity index (χ0n) is 11.0. The van der Waals surface area contributed by atoms with Crippen molar-refractivity contribution in [2.75, 3.05) is 27.9 Å². The molecule has 0 aliphatic carbocycles. The average molecular weight is 255 g/mol. The molecule has 1 N–H and O–H groups in total. The maximum absolute atomic E-state index is 11.7. The van der Waals surface area contributed by atoms with E-state index >= 15 is 0 Å². The van der Waals surface area contributed by atoms with Gasteiger partial charge in [-0.15, -0.1) is 0 Å². The molecular weight excluding hydrogens is 238 g/mol. The predicted octanol–water partition coefficient (Wildman–Crippen LogP) is 1.09. The van der Waals surface area contributed by atoms with E-state index < -0.39 is 11.9 Å². The van der Waals surface area contributed by atoms with Gasteiger partial charge in [0.05, 0.1) is 26.4 Å². The fraction of sp³-hybridized carbons (Fsp3) is 0.500. The molecular formula is C12H17NO5. The number of aromatic nitrogens is 1. The first-order chi connectivity index (χ1) is 8.56. The van der Waals surface area contributed by atoms with E-state index in [-0.39, 0.29) is 5.69 Å². The predicted molar refractivity (Wildman–Crippen MR) is 63.8 cm³/mol. The Bertz CT molecular complexity index is 450. The van der Waals surface area contributed by atoms with E-state index in [0.29, 0.717) is 29.8 Å². The summed E-state index contributed by atoms with van der Waals surface area (Å²) in [7, 11) is 4.14. The van der Waals surface area contributed by atoms with Gasteiger partial charge >= 0.3 is 11.9 Å². The second-order valence-corrected chi connectivity index (χ2v) is 3.70. The van der Waals surface area contributed by atoms with E-state index in [0.717, 1.165) is 0 Å². The van der Waals surface area contributed by atoms with Gasteiger partial charge in [-0.2, -0.15) is 0 Å². The molecule has 0 aromatic carbocycles. The normalized spacial score (nSPS) is 10.2. The summed E-state index contributed by atoms with van der Waals surface area (Å²) in [6, 6.07) is 0. The van der Waals surface area contributed by atoms with Crippen molar-refractivity contribution in [3.63, 3.8) is 0 Å². The number of ether oxygens (including phenoxy) is 3. The molecule has 0 unspecified atom stereocenters. The number of H-pyrrole nitrogens is 1. The third-order valence-electron chi connectivity index (χ3n) is 2.63. The molecule has 0 aliphatic rings. The molecule has 6 nitrogen and oxygen atoms in total. The number of esters is 2. The van der Waals surface area contributed by atoms with Crippen LogP contribution in [0.3, 0.4) is 0 Å². The molecule has 0 saturated carbocycles. The molecule has 1 heterocycles. The van der Waals surface area contributed by atoms with Gasteiger partial charge < -0.3 is 19.2 Å². The van der Waals surface area contributed by atoms with E-state index in [1.807, 2.05) is 0 Å². The monoisotopic (exact) mass is 255 g/mol. The summed E-state index contributed by atoms with van der Waals surface area (Å²) in [5, 5.41) is 0. The molecule has 1 rings (SSSR count). The number of aryl methyl sites for hydroxylation is 1. The molecule has 1 aromatic rings. The third kappa shape index (κ3) is 2.70. The third-order valence-corrected chi connectivity index (χ3v) is 2.63. The number of methoxy groups -OCH3 is 3. The average Bonchev–Trinajstić information content (AvgIpc) is 2.71. The summed E-state index contributed by atoms with van der Waals surface area (Å²) in [4.78, 5) is 26.2. The Hall–Kier alpha value is -1.82. The van der Waals surface area contributed by atoms with Crippen molar-refractivity contribution in [1.29, 1.82) is 0 Å². The topological polar surface area (TPSA) is 77.6 Å². The number of hydrogen-bond donors (Lipinski definition) is 1. The van der Waals surface area contributed by atoms with Crippen LogP contribution in [0.15, 0.2) is 0 Å². The molecule has 6 heteroatoms. The van der Waals surface area contributed by atoms with Crippen molar-refractivity contribution in [3.05, 3.63) is 22.5 Å². The summed E-state index contributed by atoms with van der Waals surface area (Å²) in [6.07, 6.45) is 0.426. The van der Waals surface area contributed by atoms with E-state index in [1.165, 1.54) is 14.2 Å². The van der Waals surface area contributed by atoms with Crippen molar-refractivity contribution >= 4 is 11.9 Å². The minimum absolute atomic E-state index is 0.271. The molecule has 0 spiro atoms. The number of carbonyl (C=O) groups is 2. The van der Waals surface area contributed by atoms with Crippen LogP contribution < -0.4 is 0 Å². The van der Waals surface area contributed by atoms with Gasteiger partial charge in [0.15, 0.2) is 0 Å². The van der Waals surface area contributed by atoms with Crippen LogP contribution in [-0.2, 0) is 20.6 Å². The zero-order valence-corrected chi connectivity index (χ0v) is 11.0. The van der Waals surface area contributed by atoms with Crippen molar-refractivity contribution in [3.8, 4) is 0 Å². The molecule has 0 saturated heterocycles. The van der Waals surface area contributed by atoms with Crippen LogP contribution in [0.4, 0.5) is 0 Å². The summed E-state index contributed by atoms with van der Waals surface area (Å²) in [5.41, 5.74) is 1.78. The van der Waals surface area contributed by atoms with E-state index in [2.05, 4.69) is 9.72 Å². The van der Waals surface area contributed by atoms with Gasteiger partial charge in [-0.05, 0) is 13.3 Å². The lowest BCUT2D eigenvalue weighted by atomic mass is 10.1. The van der Waals surface area contributed by atoms with Gasteiger partial charge in [0, 0.05) is 18.4 Å². The Morgan fingerprint density at radius 1 is 1.11 bits per heavy atom. The fourth-order valence-corrected chi connectivity index (χ4v) is 1.79. The first-order valence-corrected chi connectivity index (χ1v) is 5.43. The summed E-state index contributed by atoms with van der Waals surface area (Å²) in [5.74, 6) is -0.996. The number of aromatic amines is 1. The number of carbonyl (C=O) groups excluding carboxylic acids is 2. The lowest BCUT2D eigenvalue weighted by Crippen LogP contribution is -2.11. The summed E-state index contributed by atoms with van der Waals surface area (Å²) >= 11 is 0. The number of nitrogens with one attached hydrogen (secondary N) is 1. The van der Waals surface area contributed by atoms with Crippen LogP contribution in [0.25, 0.3) is 0 Å². The highest BCUT2D eigenvalue weighted by atomic mass is 16.5. The Morgan fingerprint density at radius 2 is 1.72 bits per heavy atom. The first kappa shape index (κ1) is 14.2. The van der Waals surface area contributed by atoms with E-state index in [9.17, 15) is 9.59 Å². The molecule has 0 aliphatic heterocycles. The van der Waals surface area contributed by atoms with Gasteiger partial charge in [0.25, 0.3) is 0 Å². The van der Waals surface area contributed by atoms with E-state index in [1.54, 1.807) is 14.0 Å². The van der Waals surface area contributed by atoms with Gasteiger partial charge in [-0.25, -0.2) is 9.59 Å². The molecule has 0 radical (unpaired) electrons. The molecule has 18 heavy (non-hydrogen) atoms. The highest BCUT2D eigenvalue weighted by Crippen LogP contribution is 2.21. The summed E-state index contributed by atoms with van der Waals surface area (Å²) in [6.45, 7) is 2.10. The van der Waals surface area contributed by atoms with Crippen LogP contribution in [0.2, 0.25) is 0 Å². The molecule has 1 aromatic heterocycles. The van der Waals surface area contributed by atoms with Crippen LogP contribution in [0.5, 0.6) is 0 Å². The zero-order chi connectivity index (χ0) is 13.7. The Morgan fingerprint density at radius 3 is 2.22 bits per heavy atom. The van der Waals surface area contributed by atoms with Crippen molar-refractivity contribution in [2.45, 2.75) is 13.3 Å². The molecule has 100 valence electrons. The van der Waals surface area contributed by atoms with E-state index in [4.69, 9.17) is 9.47 Å². The Labute approximate surface area is 105 Å². The van der Waals surface area contributed by atoms with Crippen LogP contribution in [0, 0.1) is 6.92 Å². The molecule has 0 bridgehead atoms. The summed E-state index contributed by atoms with van der Waals surface area (Å²) < 4.78 is 14.4. The van der Waals surface area contributed by atoms with Crippen LogP contribution in [-0.4, -0.2) is 44.9 Å². The van der Waals surface area contributed by atoms with Crippen LogP contribution >= 0.6 is 0 Å². The minimum atomic E-state index is -0.514. The smallest absolute Gasteiger partial charge is 0.354 e. The van der Waals surface area contributed by atoms with Gasteiger partial charge in [-0.1, -0.05) is 0 Å². The SMILES string of the molecule is COCCc1c(C(=O)OC)[nH]c(C)c1C(=O)OC. The number of hydrogen-bond acceptors (Lipinski definition) is 5. The fourth-order valence-electron chi connectivity index (χ4n) is 1.79. The first-order valence-electron chi connectivity index (χ1n) is 5.43. The van der Waals surface area contributed by atoms with Crippen LogP contribution in [0.1, 0.15) is 32.1 Å². The Balaban J connectivity index is 3.27. The quantitative estimate of drug-likeness (QED) is 0.797. The highest BCUT2D eigenvalue weighted by molar-refractivity contribution is 5.98. The van der Waals surface area contributed by atoms with Gasteiger partial charge in [0.2, 0.25) is 0 Å². The van der Waals surface area contributed by atoms with Crippen molar-refractivity contribution < 1.29 is 23.8 Å². The molecule has 0 fully saturated rings. The minimum Gasteiger partial charge on any atom is -0.465 e. The highest BCUT2D eigenvalue weighted by Gasteiger charge is 2.25. The van der Waals surface area contributed by atoms with Crippen molar-refractivity contribution in [1.82, 2.24) is 4.98 Å². The largest absolute Gasteiger partial charge is 0.465 e. The molecule has 0 amide bonds. The Kier molecular flexibility index (Phi) is 4.91. The maximum Gasteiger partial charge on any atom is 0.354 e. The lowest BCUT2D eigenvalue weighted by Gasteiger charge is -2.05. The van der Waals surface area contributed by atoms with Gasteiger partial charge in [-0.3, -0.25) is 0 Å². The van der Waals surface area contributed by atoms with Gasteiger partial charge in [0.1, 0.15) is 5.69 Å². The second-order valence-electron chi connectivity index (χ2n) is 3.70. The molecule has 0 atom stereocenters. The lowest BCUT2D eigenvalue weighted by molar-refractivity contribution is 0.0592.